The normalized spacial score (nSPS) is 16.6. The molecule has 0 radical (unpaired) electrons. The van der Waals surface area contributed by atoms with E-state index in [2.05, 4.69) is 9.89 Å². The molecule has 0 aromatic heterocycles. The Morgan fingerprint density at radius 2 is 2.05 bits per heavy atom. The molecule has 0 amide bonds. The van der Waals surface area contributed by atoms with Gasteiger partial charge in [0.2, 0.25) is 0 Å². The van der Waals surface area contributed by atoms with Gasteiger partial charge in [-0.2, -0.15) is 0 Å². The van der Waals surface area contributed by atoms with Gasteiger partial charge in [0.15, 0.2) is 5.96 Å². The maximum atomic E-state index is 13.4. The number of hydrogen-bond donors (Lipinski definition) is 1. The van der Waals surface area contributed by atoms with Crippen LogP contribution >= 0.6 is 0 Å². The molecule has 6 heteroatoms. The first kappa shape index (κ1) is 13.6. The van der Waals surface area contributed by atoms with Crippen LogP contribution in [0.2, 0.25) is 0 Å². The summed E-state index contributed by atoms with van der Waals surface area (Å²) in [6, 6.07) is 4.58. The largest absolute Gasteiger partial charge is 0.378 e. The number of guanidine groups is 1. The number of nitrogens with zero attached hydrogens (tertiary/aromatic N) is 3. The Morgan fingerprint density at radius 1 is 1.37 bits per heavy atom. The topological polar surface area (TPSA) is 54.1 Å². The van der Waals surface area contributed by atoms with Crippen LogP contribution in [0.3, 0.4) is 0 Å². The van der Waals surface area contributed by atoms with E-state index in [1.54, 1.807) is 25.1 Å². The quantitative estimate of drug-likeness (QED) is 0.645. The molecule has 2 rings (SSSR count). The maximum Gasteiger partial charge on any atom is 0.196 e. The van der Waals surface area contributed by atoms with E-state index in [1.165, 1.54) is 12.1 Å². The van der Waals surface area contributed by atoms with Crippen molar-refractivity contribution in [1.82, 2.24) is 4.90 Å². The number of halogens is 1. The molecule has 104 valence electrons. The lowest BCUT2D eigenvalue weighted by atomic mass is 10.2. The minimum absolute atomic E-state index is 0.317. The predicted octanol–water partition coefficient (Wildman–Crippen LogP) is 1.17. The van der Waals surface area contributed by atoms with Gasteiger partial charge in [0.1, 0.15) is 5.82 Å². The van der Waals surface area contributed by atoms with E-state index in [0.29, 0.717) is 24.9 Å². The van der Waals surface area contributed by atoms with Crippen molar-refractivity contribution >= 4 is 17.3 Å². The minimum atomic E-state index is -0.317. The van der Waals surface area contributed by atoms with Crippen molar-refractivity contribution in [1.29, 1.82) is 0 Å². The average molecular weight is 266 g/mol. The molecule has 19 heavy (non-hydrogen) atoms. The lowest BCUT2D eigenvalue weighted by Crippen LogP contribution is -2.36. The molecule has 1 fully saturated rings. The van der Waals surface area contributed by atoms with E-state index < -0.39 is 0 Å². The number of rotatable bonds is 2. The van der Waals surface area contributed by atoms with Gasteiger partial charge in [0, 0.05) is 33.3 Å². The Morgan fingerprint density at radius 3 is 2.68 bits per heavy atom. The summed E-state index contributed by atoms with van der Waals surface area (Å²) in [5.41, 5.74) is 7.24. The molecule has 5 nitrogen and oxygen atoms in total. The Balaban J connectivity index is 2.34. The average Bonchev–Trinajstić information content (AvgIpc) is 2.39. The van der Waals surface area contributed by atoms with Gasteiger partial charge >= 0.3 is 0 Å². The Labute approximate surface area is 112 Å². The third-order valence-corrected chi connectivity index (χ3v) is 2.98. The number of benzene rings is 1. The molecule has 1 aliphatic rings. The molecule has 2 N–H and O–H groups in total. The number of aliphatic imine (C=N–C) groups is 1. The molecule has 1 aliphatic heterocycles. The smallest absolute Gasteiger partial charge is 0.196 e. The van der Waals surface area contributed by atoms with Crippen LogP contribution in [0.5, 0.6) is 0 Å². The second kappa shape index (κ2) is 5.88. The zero-order valence-corrected chi connectivity index (χ0v) is 11.3. The Bertz CT molecular complexity index is 470. The van der Waals surface area contributed by atoms with Gasteiger partial charge in [-0.3, -0.25) is 0 Å². The molecule has 0 bridgehead atoms. The number of hydrogen-bond acceptors (Lipinski definition) is 3. The van der Waals surface area contributed by atoms with E-state index in [4.69, 9.17) is 10.5 Å². The fourth-order valence-electron chi connectivity index (χ4n) is 1.88. The van der Waals surface area contributed by atoms with Crippen LogP contribution < -0.4 is 10.6 Å². The third-order valence-electron chi connectivity index (χ3n) is 2.98. The molecular formula is C13H19FN4O. The number of nitrogens with two attached hydrogens (primary N) is 1. The van der Waals surface area contributed by atoms with Gasteiger partial charge in [0.25, 0.3) is 0 Å². The number of anilines is 1. The summed E-state index contributed by atoms with van der Waals surface area (Å²) < 4.78 is 18.7. The molecule has 0 spiro atoms. The van der Waals surface area contributed by atoms with Gasteiger partial charge in [-0.25, -0.2) is 9.38 Å². The summed E-state index contributed by atoms with van der Waals surface area (Å²) in [5, 5.41) is 0. The highest BCUT2D eigenvalue weighted by Gasteiger charge is 2.15. The second-order valence-corrected chi connectivity index (χ2v) is 4.60. The Hall–Kier alpha value is -1.82. The first-order chi connectivity index (χ1) is 9.08. The van der Waals surface area contributed by atoms with E-state index in [1.807, 2.05) is 0 Å². The van der Waals surface area contributed by atoms with Crippen molar-refractivity contribution in [3.8, 4) is 0 Å². The second-order valence-electron chi connectivity index (χ2n) is 4.60. The molecule has 0 aliphatic carbocycles. The molecule has 1 saturated heterocycles. The third kappa shape index (κ3) is 3.35. The van der Waals surface area contributed by atoms with Crippen molar-refractivity contribution in [3.63, 3.8) is 0 Å². The lowest BCUT2D eigenvalue weighted by molar-refractivity contribution is 0.123. The van der Waals surface area contributed by atoms with Crippen LogP contribution in [0, 0.1) is 5.82 Å². The number of ether oxygens (including phenoxy) is 1. The lowest BCUT2D eigenvalue weighted by Gasteiger charge is -2.29. The monoisotopic (exact) mass is 266 g/mol. The molecule has 0 saturated carbocycles. The molecule has 0 unspecified atom stereocenters. The van der Waals surface area contributed by atoms with Crippen LogP contribution in [-0.4, -0.2) is 51.3 Å². The molecule has 1 aromatic carbocycles. The van der Waals surface area contributed by atoms with Crippen LogP contribution in [0.1, 0.15) is 0 Å². The summed E-state index contributed by atoms with van der Waals surface area (Å²) in [7, 11) is 3.60. The molecule has 0 atom stereocenters. The highest BCUT2D eigenvalue weighted by Crippen LogP contribution is 2.30. The van der Waals surface area contributed by atoms with Crippen molar-refractivity contribution in [2.75, 3.05) is 45.3 Å². The summed E-state index contributed by atoms with van der Waals surface area (Å²) in [5.74, 6) is 0.0300. The van der Waals surface area contributed by atoms with Gasteiger partial charge in [0.05, 0.1) is 24.6 Å². The highest BCUT2D eigenvalue weighted by atomic mass is 19.1. The standard InChI is InChI=1S/C13H19FN4O/c1-17(2)13(15)16-11-9-10(14)3-4-12(11)18-5-7-19-8-6-18/h3-4,9H,5-8H2,1-2H3,(H2,15,16). The maximum absolute atomic E-state index is 13.4. The van der Waals surface area contributed by atoms with Crippen LogP contribution in [0.15, 0.2) is 23.2 Å². The van der Waals surface area contributed by atoms with E-state index in [9.17, 15) is 4.39 Å². The van der Waals surface area contributed by atoms with Crippen LogP contribution in [-0.2, 0) is 4.74 Å². The van der Waals surface area contributed by atoms with Crippen LogP contribution in [0.25, 0.3) is 0 Å². The molecular weight excluding hydrogens is 247 g/mol. The van der Waals surface area contributed by atoms with Crippen molar-refractivity contribution < 1.29 is 9.13 Å². The van der Waals surface area contributed by atoms with Gasteiger partial charge in [-0.05, 0) is 12.1 Å². The summed E-state index contributed by atoms with van der Waals surface area (Å²) in [6.07, 6.45) is 0. The molecule has 1 heterocycles. The summed E-state index contributed by atoms with van der Waals surface area (Å²) >= 11 is 0. The fraction of sp³-hybridized carbons (Fsp3) is 0.462. The fourth-order valence-corrected chi connectivity index (χ4v) is 1.88. The first-order valence-corrected chi connectivity index (χ1v) is 6.21. The zero-order chi connectivity index (χ0) is 13.8. The van der Waals surface area contributed by atoms with Crippen molar-refractivity contribution in [2.45, 2.75) is 0 Å². The Kier molecular flexibility index (Phi) is 4.21. The van der Waals surface area contributed by atoms with Crippen molar-refractivity contribution in [3.05, 3.63) is 24.0 Å². The van der Waals surface area contributed by atoms with E-state index in [0.717, 1.165) is 18.8 Å². The summed E-state index contributed by atoms with van der Waals surface area (Å²) in [6.45, 7) is 2.89. The van der Waals surface area contributed by atoms with Crippen LogP contribution in [0.4, 0.5) is 15.8 Å². The van der Waals surface area contributed by atoms with Gasteiger partial charge in [-0.15, -0.1) is 0 Å². The summed E-state index contributed by atoms with van der Waals surface area (Å²) in [4.78, 5) is 8.11. The molecule has 1 aromatic rings. The van der Waals surface area contributed by atoms with Gasteiger partial charge in [-0.1, -0.05) is 0 Å². The SMILES string of the molecule is CN(C)C(N)=Nc1cc(F)ccc1N1CCOCC1. The zero-order valence-electron chi connectivity index (χ0n) is 11.3. The van der Waals surface area contributed by atoms with Gasteiger partial charge < -0.3 is 20.3 Å². The minimum Gasteiger partial charge on any atom is -0.378 e. The first-order valence-electron chi connectivity index (χ1n) is 6.21. The van der Waals surface area contributed by atoms with E-state index >= 15 is 0 Å². The van der Waals surface area contributed by atoms with Crippen molar-refractivity contribution in [2.24, 2.45) is 10.7 Å². The number of morpholine rings is 1. The van der Waals surface area contributed by atoms with E-state index in [-0.39, 0.29) is 5.82 Å². The predicted molar refractivity (Wildman–Crippen MR) is 74.4 cm³/mol. The highest BCUT2D eigenvalue weighted by molar-refractivity contribution is 5.83.